The summed E-state index contributed by atoms with van der Waals surface area (Å²) >= 11 is 5.91. The Morgan fingerprint density at radius 1 is 1.14 bits per heavy atom. The number of aromatic amines is 1. The smallest absolute Gasteiger partial charge is 0.360 e. The number of para-hydroxylation sites is 1. The van der Waals surface area contributed by atoms with Gasteiger partial charge >= 0.3 is 6.18 Å². The zero-order chi connectivity index (χ0) is 20.8. The summed E-state index contributed by atoms with van der Waals surface area (Å²) in [6.07, 6.45) is -2.91. The number of H-pyrrole nitrogens is 1. The third-order valence-corrected chi connectivity index (χ3v) is 5.24. The lowest BCUT2D eigenvalue weighted by molar-refractivity contribution is -0.137. The van der Waals surface area contributed by atoms with Crippen LogP contribution in [-0.4, -0.2) is 34.8 Å². The van der Waals surface area contributed by atoms with Gasteiger partial charge in [0.05, 0.1) is 27.8 Å². The van der Waals surface area contributed by atoms with Gasteiger partial charge in [0, 0.05) is 30.2 Å². The normalized spacial score (nSPS) is 14.7. The highest BCUT2D eigenvalue weighted by atomic mass is 35.5. The van der Waals surface area contributed by atoms with Crippen molar-refractivity contribution >= 4 is 40.0 Å². The van der Waals surface area contributed by atoms with E-state index in [9.17, 15) is 22.8 Å². The molecule has 0 radical (unpaired) electrons. The van der Waals surface area contributed by atoms with Crippen molar-refractivity contribution in [1.82, 2.24) is 9.88 Å². The van der Waals surface area contributed by atoms with Crippen molar-refractivity contribution in [3.8, 4) is 0 Å². The number of rotatable bonds is 3. The van der Waals surface area contributed by atoms with Gasteiger partial charge in [-0.25, -0.2) is 0 Å². The van der Waals surface area contributed by atoms with Gasteiger partial charge in [-0.3, -0.25) is 9.59 Å². The molecule has 2 aromatic carbocycles. The van der Waals surface area contributed by atoms with Gasteiger partial charge in [0.1, 0.15) is 0 Å². The number of hydrogen-bond donors (Lipinski definition) is 2. The summed E-state index contributed by atoms with van der Waals surface area (Å²) in [5.74, 6) is -1.20. The number of alkyl halides is 3. The zero-order valence-electron chi connectivity index (χ0n) is 14.9. The molecule has 0 bridgehead atoms. The molecule has 2 N–H and O–H groups in total. The highest BCUT2D eigenvalue weighted by Gasteiger charge is 2.37. The number of fused-ring (bicyclic) bond motifs is 1. The number of aromatic nitrogens is 1. The second-order valence-electron chi connectivity index (χ2n) is 6.84. The van der Waals surface area contributed by atoms with E-state index in [0.29, 0.717) is 5.56 Å². The molecule has 3 aromatic rings. The number of nitrogens with zero attached hydrogens (tertiary/aromatic N) is 1. The lowest BCUT2D eigenvalue weighted by Crippen LogP contribution is -2.54. The predicted molar refractivity (Wildman–Crippen MR) is 103 cm³/mol. The highest BCUT2D eigenvalue weighted by molar-refractivity contribution is 6.33. The third-order valence-electron chi connectivity index (χ3n) is 4.91. The van der Waals surface area contributed by atoms with Crippen LogP contribution in [-0.2, 0) is 11.0 Å². The van der Waals surface area contributed by atoms with Gasteiger partial charge in [0.25, 0.3) is 5.91 Å². The van der Waals surface area contributed by atoms with Gasteiger partial charge in [0.2, 0.25) is 5.91 Å². The average molecular weight is 422 g/mol. The first-order valence-corrected chi connectivity index (χ1v) is 9.15. The maximum atomic E-state index is 12.9. The number of amides is 2. The van der Waals surface area contributed by atoms with Gasteiger partial charge in [0.15, 0.2) is 0 Å². The molecule has 2 heterocycles. The van der Waals surface area contributed by atoms with Gasteiger partial charge in [-0.1, -0.05) is 29.8 Å². The van der Waals surface area contributed by atoms with Crippen molar-refractivity contribution in [2.75, 3.05) is 18.4 Å². The van der Waals surface area contributed by atoms with Crippen LogP contribution in [0.5, 0.6) is 0 Å². The number of benzene rings is 2. The Kier molecular flexibility index (Phi) is 4.74. The molecule has 5 nitrogen and oxygen atoms in total. The van der Waals surface area contributed by atoms with Crippen LogP contribution in [0.4, 0.5) is 18.9 Å². The maximum Gasteiger partial charge on any atom is 0.416 e. The molecule has 4 rings (SSSR count). The Morgan fingerprint density at radius 2 is 1.86 bits per heavy atom. The quantitative estimate of drug-likeness (QED) is 0.651. The molecule has 0 unspecified atom stereocenters. The maximum absolute atomic E-state index is 12.9. The molecule has 1 aliphatic heterocycles. The summed E-state index contributed by atoms with van der Waals surface area (Å²) < 4.78 is 38.6. The van der Waals surface area contributed by atoms with E-state index in [1.165, 1.54) is 4.90 Å². The largest absolute Gasteiger partial charge is 0.416 e. The summed E-state index contributed by atoms with van der Waals surface area (Å²) in [6.45, 7) is 0.363. The summed E-state index contributed by atoms with van der Waals surface area (Å²) in [5, 5.41) is 3.24. The van der Waals surface area contributed by atoms with Crippen molar-refractivity contribution < 1.29 is 22.8 Å². The lowest BCUT2D eigenvalue weighted by Gasteiger charge is -2.38. The fourth-order valence-corrected chi connectivity index (χ4v) is 3.43. The minimum absolute atomic E-state index is 0.0115. The Balaban J connectivity index is 1.41. The van der Waals surface area contributed by atoms with Crippen molar-refractivity contribution in [2.45, 2.75) is 6.18 Å². The minimum Gasteiger partial charge on any atom is -0.360 e. The van der Waals surface area contributed by atoms with Crippen LogP contribution in [0, 0.1) is 5.92 Å². The van der Waals surface area contributed by atoms with E-state index in [4.69, 9.17) is 11.6 Å². The third kappa shape index (κ3) is 3.67. The number of anilines is 1. The molecule has 9 heteroatoms. The van der Waals surface area contributed by atoms with Crippen molar-refractivity contribution in [3.63, 3.8) is 0 Å². The summed E-state index contributed by atoms with van der Waals surface area (Å²) in [4.78, 5) is 29.6. The second kappa shape index (κ2) is 7.11. The molecule has 1 aliphatic rings. The van der Waals surface area contributed by atoms with Gasteiger partial charge in [-0.2, -0.15) is 13.2 Å². The molecule has 150 valence electrons. The van der Waals surface area contributed by atoms with E-state index in [0.717, 1.165) is 29.1 Å². The van der Waals surface area contributed by atoms with E-state index < -0.39 is 23.6 Å². The molecular weight excluding hydrogens is 407 g/mol. The van der Waals surface area contributed by atoms with Crippen molar-refractivity contribution in [1.29, 1.82) is 0 Å². The summed E-state index contributed by atoms with van der Waals surface area (Å²) in [5.41, 5.74) is 0.347. The highest BCUT2D eigenvalue weighted by Crippen LogP contribution is 2.34. The molecule has 0 saturated carbocycles. The number of carbonyl (C=O) groups is 2. The molecule has 1 fully saturated rings. The van der Waals surface area contributed by atoms with Crippen LogP contribution in [0.2, 0.25) is 5.02 Å². The van der Waals surface area contributed by atoms with Gasteiger partial charge < -0.3 is 15.2 Å². The van der Waals surface area contributed by atoms with E-state index >= 15 is 0 Å². The monoisotopic (exact) mass is 421 g/mol. The topological polar surface area (TPSA) is 65.2 Å². The molecule has 29 heavy (non-hydrogen) atoms. The first-order chi connectivity index (χ1) is 13.7. The summed E-state index contributed by atoms with van der Waals surface area (Å²) in [6, 6.07) is 10.1. The SMILES string of the molecule is O=C(Nc1cc(C(F)(F)F)ccc1Cl)C1CN(C(=O)c2c[nH]c3ccccc23)C1. The first kappa shape index (κ1) is 19.3. The van der Waals surface area contributed by atoms with E-state index in [-0.39, 0.29) is 29.7 Å². The van der Waals surface area contributed by atoms with Crippen LogP contribution in [0.3, 0.4) is 0 Å². The Bertz CT molecular complexity index is 1100. The van der Waals surface area contributed by atoms with E-state index in [1.54, 1.807) is 6.20 Å². The van der Waals surface area contributed by atoms with Crippen LogP contribution in [0.25, 0.3) is 10.9 Å². The number of nitrogens with one attached hydrogen (secondary N) is 2. The molecule has 1 aromatic heterocycles. The average Bonchev–Trinajstić information content (AvgIpc) is 3.05. The number of hydrogen-bond acceptors (Lipinski definition) is 2. The standard InChI is InChI=1S/C20H15ClF3N3O2/c21-15-6-5-12(20(22,23)24)7-17(15)26-18(28)11-9-27(10-11)19(29)14-8-25-16-4-2-1-3-13(14)16/h1-8,11,25H,9-10H2,(H,26,28). The van der Waals surface area contributed by atoms with E-state index in [1.807, 2.05) is 24.3 Å². The first-order valence-electron chi connectivity index (χ1n) is 8.77. The lowest BCUT2D eigenvalue weighted by atomic mass is 9.97. The van der Waals surface area contributed by atoms with Crippen LogP contribution >= 0.6 is 11.6 Å². The molecule has 2 amide bonds. The molecule has 0 aliphatic carbocycles. The zero-order valence-corrected chi connectivity index (χ0v) is 15.6. The fraction of sp³-hybridized carbons (Fsp3) is 0.200. The minimum atomic E-state index is -4.54. The summed E-state index contributed by atoms with van der Waals surface area (Å²) in [7, 11) is 0. The molecule has 1 saturated heterocycles. The molecule has 0 atom stereocenters. The molecule has 0 spiro atoms. The van der Waals surface area contributed by atoms with Crippen LogP contribution in [0.1, 0.15) is 15.9 Å². The predicted octanol–water partition coefficient (Wildman–Crippen LogP) is 4.55. The van der Waals surface area contributed by atoms with Gasteiger partial charge in [-0.05, 0) is 24.3 Å². The number of likely N-dealkylation sites (tertiary alicyclic amines) is 1. The van der Waals surface area contributed by atoms with Crippen LogP contribution in [0.15, 0.2) is 48.7 Å². The van der Waals surface area contributed by atoms with Gasteiger partial charge in [-0.15, -0.1) is 0 Å². The number of carbonyl (C=O) groups excluding carboxylic acids is 2. The van der Waals surface area contributed by atoms with Crippen molar-refractivity contribution in [2.24, 2.45) is 5.92 Å². The Morgan fingerprint density at radius 3 is 2.59 bits per heavy atom. The number of halogens is 4. The van der Waals surface area contributed by atoms with E-state index in [2.05, 4.69) is 10.3 Å². The van der Waals surface area contributed by atoms with Crippen molar-refractivity contribution in [3.05, 3.63) is 64.8 Å². The molecular formula is C20H15ClF3N3O2. The Labute approximate surface area is 168 Å². The second-order valence-corrected chi connectivity index (χ2v) is 7.24. The van der Waals surface area contributed by atoms with Crippen LogP contribution < -0.4 is 5.32 Å². The Hall–Kier alpha value is -3.00. The fourth-order valence-electron chi connectivity index (χ4n) is 3.26.